The number of nitrogens with zero attached hydrogens (tertiary/aromatic N) is 1. The highest BCUT2D eigenvalue weighted by molar-refractivity contribution is 5.90. The molecule has 0 heterocycles. The Morgan fingerprint density at radius 2 is 1.76 bits per heavy atom. The monoisotopic (exact) mass is 291 g/mol. The number of carbonyl (C=O) groups is 2. The minimum atomic E-state index is -0.0136. The van der Waals surface area contributed by atoms with Gasteiger partial charge in [-0.25, -0.2) is 0 Å². The summed E-state index contributed by atoms with van der Waals surface area (Å²) in [6.07, 6.45) is 0.818. The first kappa shape index (κ1) is 17.2. The summed E-state index contributed by atoms with van der Waals surface area (Å²) in [6.45, 7) is 4.76. The number of rotatable bonds is 7. The van der Waals surface area contributed by atoms with Crippen molar-refractivity contribution < 1.29 is 9.59 Å². The van der Waals surface area contributed by atoms with Crippen LogP contribution in [0.2, 0.25) is 0 Å². The van der Waals surface area contributed by atoms with Crippen molar-refractivity contribution in [2.45, 2.75) is 32.7 Å². The minimum absolute atomic E-state index is 0.0136. The molecule has 0 aliphatic heterocycles. The Labute approximate surface area is 126 Å². The number of benzene rings is 1. The van der Waals surface area contributed by atoms with Crippen LogP contribution in [0.25, 0.3) is 0 Å². The van der Waals surface area contributed by atoms with Crippen LogP contribution in [0.1, 0.15) is 25.8 Å². The molecule has 5 heteroatoms. The van der Waals surface area contributed by atoms with E-state index in [1.54, 1.807) is 19.0 Å². The van der Waals surface area contributed by atoms with E-state index < -0.39 is 0 Å². The molecule has 0 saturated heterocycles. The second-order valence-corrected chi connectivity index (χ2v) is 5.57. The van der Waals surface area contributed by atoms with Gasteiger partial charge in [0.1, 0.15) is 0 Å². The smallest absolute Gasteiger partial charge is 0.226 e. The highest BCUT2D eigenvalue weighted by atomic mass is 16.2. The van der Waals surface area contributed by atoms with E-state index in [1.807, 2.05) is 38.1 Å². The van der Waals surface area contributed by atoms with Crippen molar-refractivity contribution in [1.29, 1.82) is 0 Å². The number of likely N-dealkylation sites (N-methyl/N-ethyl adjacent to an activating group) is 1. The summed E-state index contributed by atoms with van der Waals surface area (Å²) in [6, 6.07) is 7.76. The molecule has 5 nitrogen and oxygen atoms in total. The van der Waals surface area contributed by atoms with E-state index in [-0.39, 0.29) is 11.8 Å². The Kier molecular flexibility index (Phi) is 6.88. The maximum Gasteiger partial charge on any atom is 0.226 e. The van der Waals surface area contributed by atoms with E-state index in [2.05, 4.69) is 10.6 Å². The molecule has 1 aromatic carbocycles. The normalized spacial score (nSPS) is 10.5. The van der Waals surface area contributed by atoms with Gasteiger partial charge in [0.2, 0.25) is 11.8 Å². The van der Waals surface area contributed by atoms with Gasteiger partial charge in [-0.05, 0) is 17.7 Å². The second-order valence-electron chi connectivity index (χ2n) is 5.57. The van der Waals surface area contributed by atoms with E-state index in [4.69, 9.17) is 0 Å². The van der Waals surface area contributed by atoms with Gasteiger partial charge in [-0.1, -0.05) is 26.0 Å². The molecule has 0 saturated carbocycles. The number of carbonyl (C=O) groups excluding carboxylic acids is 2. The summed E-state index contributed by atoms with van der Waals surface area (Å²) in [4.78, 5) is 24.9. The number of nitrogens with one attached hydrogen (secondary N) is 2. The first-order chi connectivity index (χ1) is 9.88. The van der Waals surface area contributed by atoms with E-state index in [0.29, 0.717) is 25.4 Å². The zero-order valence-corrected chi connectivity index (χ0v) is 13.3. The highest BCUT2D eigenvalue weighted by Gasteiger charge is 2.06. The molecule has 0 bridgehead atoms. The Hall–Kier alpha value is -1.88. The fourth-order valence-corrected chi connectivity index (χ4v) is 1.74. The molecular weight excluding hydrogens is 266 g/mol. The largest absolute Gasteiger partial charge is 0.349 e. The van der Waals surface area contributed by atoms with Crippen molar-refractivity contribution in [1.82, 2.24) is 10.2 Å². The maximum absolute atomic E-state index is 11.7. The van der Waals surface area contributed by atoms with Crippen LogP contribution in [0.3, 0.4) is 0 Å². The average molecular weight is 291 g/mol. The Balaban J connectivity index is 2.43. The zero-order chi connectivity index (χ0) is 15.8. The fourth-order valence-electron chi connectivity index (χ4n) is 1.74. The molecule has 0 atom stereocenters. The van der Waals surface area contributed by atoms with Gasteiger partial charge in [-0.2, -0.15) is 0 Å². The SMILES string of the molecule is CC(C)NCCC(=O)Nc1ccc(CC(=O)N(C)C)cc1. The Bertz CT molecular complexity index is 467. The average Bonchev–Trinajstić information content (AvgIpc) is 2.40. The molecule has 0 aromatic heterocycles. The van der Waals surface area contributed by atoms with Crippen LogP contribution in [-0.4, -0.2) is 43.4 Å². The lowest BCUT2D eigenvalue weighted by atomic mass is 10.1. The molecule has 0 radical (unpaired) electrons. The lowest BCUT2D eigenvalue weighted by molar-refractivity contribution is -0.128. The summed E-state index contributed by atoms with van der Waals surface area (Å²) in [5, 5.41) is 6.05. The van der Waals surface area contributed by atoms with Crippen molar-refractivity contribution >= 4 is 17.5 Å². The third-order valence-corrected chi connectivity index (χ3v) is 3.00. The van der Waals surface area contributed by atoms with Gasteiger partial charge in [-0.3, -0.25) is 9.59 Å². The number of hydrogen-bond donors (Lipinski definition) is 2. The molecule has 0 spiro atoms. The van der Waals surface area contributed by atoms with E-state index >= 15 is 0 Å². The number of anilines is 1. The van der Waals surface area contributed by atoms with Gasteiger partial charge in [0.25, 0.3) is 0 Å². The summed E-state index contributed by atoms with van der Waals surface area (Å²) in [5.74, 6) is 0.0480. The molecule has 0 fully saturated rings. The molecule has 116 valence electrons. The molecule has 0 aliphatic carbocycles. The standard InChI is InChI=1S/C16H25N3O2/c1-12(2)17-10-9-15(20)18-14-7-5-13(6-8-14)11-16(21)19(3)4/h5-8,12,17H,9-11H2,1-4H3,(H,18,20). The number of amides is 2. The van der Waals surface area contributed by atoms with Crippen LogP contribution in [0.15, 0.2) is 24.3 Å². The summed E-state index contributed by atoms with van der Waals surface area (Å²) < 4.78 is 0. The first-order valence-electron chi connectivity index (χ1n) is 7.21. The fraction of sp³-hybridized carbons (Fsp3) is 0.500. The van der Waals surface area contributed by atoms with Crippen molar-refractivity contribution in [3.05, 3.63) is 29.8 Å². The Morgan fingerprint density at radius 1 is 1.14 bits per heavy atom. The van der Waals surface area contributed by atoms with Crippen LogP contribution < -0.4 is 10.6 Å². The predicted octanol–water partition coefficient (Wildman–Crippen LogP) is 1.64. The zero-order valence-electron chi connectivity index (χ0n) is 13.3. The third kappa shape index (κ3) is 6.90. The van der Waals surface area contributed by atoms with Crippen molar-refractivity contribution in [2.75, 3.05) is 26.0 Å². The van der Waals surface area contributed by atoms with Gasteiger partial charge in [-0.15, -0.1) is 0 Å². The highest BCUT2D eigenvalue weighted by Crippen LogP contribution is 2.11. The topological polar surface area (TPSA) is 61.4 Å². The van der Waals surface area contributed by atoms with Gasteiger partial charge in [0.15, 0.2) is 0 Å². The molecular formula is C16H25N3O2. The first-order valence-corrected chi connectivity index (χ1v) is 7.21. The molecule has 0 aliphatic rings. The molecule has 2 N–H and O–H groups in total. The molecule has 0 unspecified atom stereocenters. The molecule has 1 aromatic rings. The van der Waals surface area contributed by atoms with Gasteiger partial charge in [0.05, 0.1) is 6.42 Å². The van der Waals surface area contributed by atoms with E-state index in [1.165, 1.54) is 0 Å². The minimum Gasteiger partial charge on any atom is -0.349 e. The van der Waals surface area contributed by atoms with Crippen LogP contribution in [0, 0.1) is 0 Å². The quantitative estimate of drug-likeness (QED) is 0.803. The molecule has 2 amide bonds. The maximum atomic E-state index is 11.7. The summed E-state index contributed by atoms with van der Waals surface area (Å²) in [5.41, 5.74) is 1.69. The van der Waals surface area contributed by atoms with Gasteiger partial charge in [0, 0.05) is 38.8 Å². The summed E-state index contributed by atoms with van der Waals surface area (Å²) >= 11 is 0. The summed E-state index contributed by atoms with van der Waals surface area (Å²) in [7, 11) is 3.48. The molecule has 1 rings (SSSR count). The Morgan fingerprint density at radius 3 is 2.29 bits per heavy atom. The van der Waals surface area contributed by atoms with E-state index in [9.17, 15) is 9.59 Å². The van der Waals surface area contributed by atoms with Crippen molar-refractivity contribution in [2.24, 2.45) is 0 Å². The predicted molar refractivity (Wildman–Crippen MR) is 85.2 cm³/mol. The van der Waals surface area contributed by atoms with Gasteiger partial charge >= 0.3 is 0 Å². The molecule has 21 heavy (non-hydrogen) atoms. The third-order valence-electron chi connectivity index (χ3n) is 3.00. The van der Waals surface area contributed by atoms with Crippen molar-refractivity contribution in [3.8, 4) is 0 Å². The number of hydrogen-bond acceptors (Lipinski definition) is 3. The lowest BCUT2D eigenvalue weighted by Gasteiger charge is -2.11. The van der Waals surface area contributed by atoms with Crippen LogP contribution in [0.5, 0.6) is 0 Å². The lowest BCUT2D eigenvalue weighted by Crippen LogP contribution is -2.27. The van der Waals surface area contributed by atoms with Gasteiger partial charge < -0.3 is 15.5 Å². The van der Waals surface area contributed by atoms with Crippen LogP contribution >= 0.6 is 0 Å². The van der Waals surface area contributed by atoms with E-state index in [0.717, 1.165) is 11.3 Å². The second kappa shape index (κ2) is 8.42. The van der Waals surface area contributed by atoms with Crippen LogP contribution in [-0.2, 0) is 16.0 Å². The van der Waals surface area contributed by atoms with Crippen molar-refractivity contribution in [3.63, 3.8) is 0 Å². The van der Waals surface area contributed by atoms with Crippen LogP contribution in [0.4, 0.5) is 5.69 Å².